The van der Waals surface area contributed by atoms with Gasteiger partial charge in [-0.15, -0.1) is 0 Å². The van der Waals surface area contributed by atoms with E-state index in [2.05, 4.69) is 20.5 Å². The molecule has 0 aromatic carbocycles. The van der Waals surface area contributed by atoms with Crippen LogP contribution in [0.15, 0.2) is 12.3 Å². The summed E-state index contributed by atoms with van der Waals surface area (Å²) in [6.07, 6.45) is -0.899. The molecule has 0 unspecified atom stereocenters. The minimum Gasteiger partial charge on any atom is -0.350 e. The van der Waals surface area contributed by atoms with Crippen molar-refractivity contribution in [2.75, 3.05) is 0 Å². The van der Waals surface area contributed by atoms with E-state index in [-0.39, 0.29) is 18.0 Å². The van der Waals surface area contributed by atoms with E-state index in [9.17, 15) is 13.6 Å². The number of carbonyl (C=O) groups excluding carboxylic acids is 1. The number of pyridine rings is 1. The van der Waals surface area contributed by atoms with Gasteiger partial charge in [-0.3, -0.25) is 9.48 Å². The van der Waals surface area contributed by atoms with Crippen molar-refractivity contribution in [3.63, 3.8) is 0 Å². The van der Waals surface area contributed by atoms with Gasteiger partial charge in [0.2, 0.25) is 5.91 Å². The highest BCUT2D eigenvalue weighted by molar-refractivity contribution is 5.84. The first-order valence-corrected chi connectivity index (χ1v) is 8.72. The van der Waals surface area contributed by atoms with Crippen molar-refractivity contribution in [2.45, 2.75) is 53.8 Å². The summed E-state index contributed by atoms with van der Waals surface area (Å²) in [5.41, 5.74) is 3.01. The third-order valence-electron chi connectivity index (χ3n) is 4.54. The molecule has 144 valence electrons. The second-order valence-electron chi connectivity index (χ2n) is 6.44. The Labute approximate surface area is 155 Å². The van der Waals surface area contributed by atoms with Gasteiger partial charge in [0, 0.05) is 35.6 Å². The molecule has 7 nitrogen and oxygen atoms in total. The normalized spacial score (nSPS) is 11.5. The molecule has 0 aliphatic heterocycles. The van der Waals surface area contributed by atoms with Crippen LogP contribution in [0.1, 0.15) is 41.6 Å². The van der Waals surface area contributed by atoms with E-state index in [1.165, 1.54) is 10.7 Å². The standard InChI is InChI=1S/C18H22F2N6O/c1-5-25-12(4)13(8-22-25)7-21-15(27)9-26-18-16(11(3)24-26)14(17(19)20)6-10(2)23-18/h6,8,17H,5,7,9H2,1-4H3,(H,21,27). The molecule has 9 heteroatoms. The fourth-order valence-electron chi connectivity index (χ4n) is 3.16. The van der Waals surface area contributed by atoms with E-state index >= 15 is 0 Å². The molecule has 3 heterocycles. The maximum absolute atomic E-state index is 13.4. The second kappa shape index (κ2) is 7.42. The van der Waals surface area contributed by atoms with Crippen LogP contribution in [0.4, 0.5) is 8.78 Å². The molecule has 0 aliphatic carbocycles. The molecular weight excluding hydrogens is 354 g/mol. The average Bonchev–Trinajstić information content (AvgIpc) is 3.12. The number of hydrogen-bond donors (Lipinski definition) is 1. The average molecular weight is 376 g/mol. The number of amides is 1. The highest BCUT2D eigenvalue weighted by atomic mass is 19.3. The molecule has 3 aromatic rings. The lowest BCUT2D eigenvalue weighted by molar-refractivity contribution is -0.121. The molecular formula is C18H22F2N6O. The van der Waals surface area contributed by atoms with Gasteiger partial charge < -0.3 is 5.32 Å². The van der Waals surface area contributed by atoms with Gasteiger partial charge in [-0.05, 0) is 33.8 Å². The summed E-state index contributed by atoms with van der Waals surface area (Å²) in [6, 6.07) is 1.36. The molecule has 1 amide bonds. The predicted molar refractivity (Wildman–Crippen MR) is 96.4 cm³/mol. The van der Waals surface area contributed by atoms with Crippen LogP contribution in [0.3, 0.4) is 0 Å². The lowest BCUT2D eigenvalue weighted by Crippen LogP contribution is -2.27. The maximum atomic E-state index is 13.4. The highest BCUT2D eigenvalue weighted by Crippen LogP contribution is 2.29. The van der Waals surface area contributed by atoms with Gasteiger partial charge in [-0.1, -0.05) is 0 Å². The molecule has 3 aromatic heterocycles. The Balaban J connectivity index is 1.80. The number of hydrogen-bond acceptors (Lipinski definition) is 4. The number of alkyl halides is 2. The lowest BCUT2D eigenvalue weighted by atomic mass is 10.1. The zero-order valence-corrected chi connectivity index (χ0v) is 15.8. The quantitative estimate of drug-likeness (QED) is 0.718. The topological polar surface area (TPSA) is 77.6 Å². The monoisotopic (exact) mass is 376 g/mol. The van der Waals surface area contributed by atoms with Gasteiger partial charge in [0.1, 0.15) is 6.54 Å². The summed E-state index contributed by atoms with van der Waals surface area (Å²) in [5, 5.41) is 11.6. The number of nitrogens with one attached hydrogen (secondary N) is 1. The zero-order valence-electron chi connectivity index (χ0n) is 15.8. The Morgan fingerprint density at radius 3 is 2.63 bits per heavy atom. The van der Waals surface area contributed by atoms with E-state index < -0.39 is 6.43 Å². The summed E-state index contributed by atoms with van der Waals surface area (Å²) < 4.78 is 29.9. The first kappa shape index (κ1) is 18.9. The van der Waals surface area contributed by atoms with Crippen molar-refractivity contribution in [3.8, 4) is 0 Å². The summed E-state index contributed by atoms with van der Waals surface area (Å²) in [5.74, 6) is -0.273. The van der Waals surface area contributed by atoms with Crippen molar-refractivity contribution >= 4 is 16.9 Å². The molecule has 0 spiro atoms. The largest absolute Gasteiger partial charge is 0.350 e. The summed E-state index contributed by atoms with van der Waals surface area (Å²) >= 11 is 0. The SMILES string of the molecule is CCn1ncc(CNC(=O)Cn2nc(C)c3c(C(F)F)cc(C)nc32)c1C. The molecule has 1 N–H and O–H groups in total. The van der Waals surface area contributed by atoms with E-state index in [1.54, 1.807) is 20.0 Å². The molecule has 0 aliphatic rings. The minimum absolute atomic E-state index is 0.0928. The zero-order chi connectivity index (χ0) is 19.7. The van der Waals surface area contributed by atoms with Crippen molar-refractivity contribution in [2.24, 2.45) is 0 Å². The summed E-state index contributed by atoms with van der Waals surface area (Å²) in [6.45, 7) is 8.24. The molecule has 0 atom stereocenters. The Hall–Kier alpha value is -2.84. The van der Waals surface area contributed by atoms with E-state index in [0.29, 0.717) is 29.0 Å². The van der Waals surface area contributed by atoms with Crippen LogP contribution in [0.5, 0.6) is 0 Å². The van der Waals surface area contributed by atoms with E-state index in [0.717, 1.165) is 17.8 Å². The summed E-state index contributed by atoms with van der Waals surface area (Å²) in [4.78, 5) is 16.7. The first-order valence-electron chi connectivity index (χ1n) is 8.72. The van der Waals surface area contributed by atoms with Crippen molar-refractivity contribution < 1.29 is 13.6 Å². The molecule has 0 fully saturated rings. The number of fused-ring (bicyclic) bond motifs is 1. The lowest BCUT2D eigenvalue weighted by Gasteiger charge is -2.08. The van der Waals surface area contributed by atoms with Gasteiger partial charge in [0.05, 0.1) is 17.3 Å². The molecule has 3 rings (SSSR count). The molecule has 0 saturated carbocycles. The molecule has 0 bridgehead atoms. The van der Waals surface area contributed by atoms with Gasteiger partial charge in [0.15, 0.2) is 5.65 Å². The van der Waals surface area contributed by atoms with Crippen LogP contribution in [0.25, 0.3) is 11.0 Å². The van der Waals surface area contributed by atoms with Gasteiger partial charge in [-0.2, -0.15) is 10.2 Å². The fourth-order valence-corrected chi connectivity index (χ4v) is 3.16. The van der Waals surface area contributed by atoms with Crippen molar-refractivity contribution in [1.29, 1.82) is 0 Å². The molecule has 27 heavy (non-hydrogen) atoms. The number of rotatable bonds is 6. The van der Waals surface area contributed by atoms with E-state index in [4.69, 9.17) is 0 Å². The van der Waals surface area contributed by atoms with Gasteiger partial charge in [-0.25, -0.2) is 18.4 Å². The fraction of sp³-hybridized carbons (Fsp3) is 0.444. The van der Waals surface area contributed by atoms with Crippen LogP contribution in [-0.2, 0) is 24.4 Å². The third-order valence-corrected chi connectivity index (χ3v) is 4.54. The van der Waals surface area contributed by atoms with Crippen molar-refractivity contribution in [3.05, 3.63) is 40.5 Å². The first-order chi connectivity index (χ1) is 12.8. The Kier molecular flexibility index (Phi) is 5.20. The van der Waals surface area contributed by atoms with Crippen LogP contribution < -0.4 is 5.32 Å². The molecule has 0 saturated heterocycles. The number of carbonyl (C=O) groups is 1. The van der Waals surface area contributed by atoms with Gasteiger partial charge >= 0.3 is 0 Å². The van der Waals surface area contributed by atoms with Crippen LogP contribution in [0.2, 0.25) is 0 Å². The number of aryl methyl sites for hydroxylation is 3. The summed E-state index contributed by atoms with van der Waals surface area (Å²) in [7, 11) is 0. The Bertz CT molecular complexity index is 992. The van der Waals surface area contributed by atoms with Crippen LogP contribution in [0, 0.1) is 20.8 Å². The van der Waals surface area contributed by atoms with Gasteiger partial charge in [0.25, 0.3) is 6.43 Å². The smallest absolute Gasteiger partial charge is 0.264 e. The minimum atomic E-state index is -2.63. The number of halogens is 2. The highest BCUT2D eigenvalue weighted by Gasteiger charge is 2.20. The Morgan fingerprint density at radius 1 is 1.26 bits per heavy atom. The molecule has 0 radical (unpaired) electrons. The number of nitrogens with zero attached hydrogens (tertiary/aromatic N) is 5. The second-order valence-corrected chi connectivity index (χ2v) is 6.44. The number of aromatic nitrogens is 5. The van der Waals surface area contributed by atoms with Crippen LogP contribution in [-0.4, -0.2) is 30.5 Å². The maximum Gasteiger partial charge on any atom is 0.264 e. The third kappa shape index (κ3) is 3.67. The predicted octanol–water partition coefficient (Wildman–Crippen LogP) is 2.83. The Morgan fingerprint density at radius 2 is 2.00 bits per heavy atom. The van der Waals surface area contributed by atoms with Crippen molar-refractivity contribution in [1.82, 2.24) is 29.9 Å². The van der Waals surface area contributed by atoms with Crippen LogP contribution >= 0.6 is 0 Å². The van der Waals surface area contributed by atoms with E-state index in [1.807, 2.05) is 18.5 Å².